The molecule has 2 aliphatic rings. The Bertz CT molecular complexity index is 809. The molecule has 1 spiro atoms. The second-order valence-electron chi connectivity index (χ2n) is 9.43. The Hall–Kier alpha value is -2.42. The molecule has 1 aliphatic heterocycles. The first-order valence-electron chi connectivity index (χ1n) is 11.7. The smallest absolute Gasteiger partial charge is 0.410 e. The van der Waals surface area contributed by atoms with Gasteiger partial charge in [-0.2, -0.15) is 0 Å². The van der Waals surface area contributed by atoms with Crippen LogP contribution in [0.25, 0.3) is 0 Å². The summed E-state index contributed by atoms with van der Waals surface area (Å²) in [7, 11) is 0. The number of halogens is 2. The van der Waals surface area contributed by atoms with Gasteiger partial charge in [-0.1, -0.05) is 0 Å². The van der Waals surface area contributed by atoms with Gasteiger partial charge in [0.05, 0.1) is 19.3 Å². The number of nitrogens with zero attached hydrogens (tertiary/aromatic N) is 1. The van der Waals surface area contributed by atoms with Crippen molar-refractivity contribution in [3.63, 3.8) is 0 Å². The van der Waals surface area contributed by atoms with E-state index in [0.29, 0.717) is 17.9 Å². The number of benzene rings is 1. The van der Waals surface area contributed by atoms with E-state index >= 15 is 0 Å². The Morgan fingerprint density at radius 2 is 1.85 bits per heavy atom. The number of aliphatic hydroxyl groups excluding tert-OH is 1. The zero-order valence-corrected chi connectivity index (χ0v) is 19.4. The van der Waals surface area contributed by atoms with Crippen LogP contribution in [0.5, 0.6) is 5.75 Å². The summed E-state index contributed by atoms with van der Waals surface area (Å²) in [6.45, 7) is 5.13. The highest BCUT2D eigenvalue weighted by Crippen LogP contribution is 2.54. The summed E-state index contributed by atoms with van der Waals surface area (Å²) >= 11 is 0. The molecular formula is C24H34F2N2O5. The van der Waals surface area contributed by atoms with Gasteiger partial charge in [-0.05, 0) is 63.7 Å². The fourth-order valence-corrected chi connectivity index (χ4v) is 4.89. The highest BCUT2D eigenvalue weighted by molar-refractivity contribution is 5.94. The van der Waals surface area contributed by atoms with Gasteiger partial charge >= 0.3 is 6.09 Å². The summed E-state index contributed by atoms with van der Waals surface area (Å²) in [6.07, 6.45) is 5.71. The zero-order chi connectivity index (χ0) is 24.0. The second kappa shape index (κ2) is 11.1. The van der Waals surface area contributed by atoms with Crippen molar-refractivity contribution in [2.24, 2.45) is 11.3 Å². The lowest BCUT2D eigenvalue weighted by atomic mass is 9.56. The van der Waals surface area contributed by atoms with Crippen molar-refractivity contribution in [1.29, 1.82) is 0 Å². The highest BCUT2D eigenvalue weighted by atomic mass is 19.1. The van der Waals surface area contributed by atoms with Gasteiger partial charge in [0.15, 0.2) is 0 Å². The molecule has 1 heterocycles. The van der Waals surface area contributed by atoms with Crippen LogP contribution in [-0.2, 0) is 4.74 Å². The van der Waals surface area contributed by atoms with Gasteiger partial charge in [0.2, 0.25) is 0 Å². The summed E-state index contributed by atoms with van der Waals surface area (Å²) in [5.74, 6) is -2.24. The summed E-state index contributed by atoms with van der Waals surface area (Å²) in [4.78, 5) is 25.6. The van der Waals surface area contributed by atoms with Crippen LogP contribution in [0.4, 0.5) is 13.6 Å². The van der Waals surface area contributed by atoms with Crippen LogP contribution < -0.4 is 10.1 Å². The molecule has 33 heavy (non-hydrogen) atoms. The molecule has 2 N–H and O–H groups in total. The third-order valence-electron chi connectivity index (χ3n) is 6.53. The quantitative estimate of drug-likeness (QED) is 0.537. The molecule has 7 nitrogen and oxygen atoms in total. The molecule has 9 heteroatoms. The first-order chi connectivity index (χ1) is 15.7. The Kier molecular flexibility index (Phi) is 8.51. The lowest BCUT2D eigenvalue weighted by Crippen LogP contribution is -2.49. The summed E-state index contributed by atoms with van der Waals surface area (Å²) in [5, 5.41) is 10.9. The number of ether oxygens (including phenoxy) is 2. The lowest BCUT2D eigenvalue weighted by Gasteiger charge is -2.52. The summed E-state index contributed by atoms with van der Waals surface area (Å²) < 4.78 is 39.1. The molecule has 2 fully saturated rings. The molecule has 3 rings (SSSR count). The molecule has 1 aromatic carbocycles. The molecule has 0 radical (unpaired) electrons. The van der Waals surface area contributed by atoms with Gasteiger partial charge < -0.3 is 24.8 Å². The van der Waals surface area contributed by atoms with E-state index in [1.807, 2.05) is 13.8 Å². The Morgan fingerprint density at radius 3 is 2.42 bits per heavy atom. The first kappa shape index (κ1) is 25.2. The van der Waals surface area contributed by atoms with Crippen molar-refractivity contribution in [2.45, 2.75) is 58.5 Å². The predicted molar refractivity (Wildman–Crippen MR) is 118 cm³/mol. The number of aliphatic hydroxyl groups is 1. The van der Waals surface area contributed by atoms with E-state index in [1.54, 1.807) is 4.90 Å². The summed E-state index contributed by atoms with van der Waals surface area (Å²) in [5.41, 5.74) is -0.349. The van der Waals surface area contributed by atoms with E-state index in [9.17, 15) is 18.4 Å². The average Bonchev–Trinajstić information content (AvgIpc) is 2.73. The fraction of sp³-hybridized carbons (Fsp3) is 0.667. The minimum atomic E-state index is -0.995. The second-order valence-corrected chi connectivity index (χ2v) is 9.43. The minimum absolute atomic E-state index is 0.0504. The van der Waals surface area contributed by atoms with Gasteiger partial charge in [-0.3, -0.25) is 4.79 Å². The van der Waals surface area contributed by atoms with E-state index in [1.165, 1.54) is 0 Å². The number of nitrogens with one attached hydrogen (secondary N) is 1. The Labute approximate surface area is 193 Å². The van der Waals surface area contributed by atoms with E-state index in [2.05, 4.69) is 5.32 Å². The van der Waals surface area contributed by atoms with Gasteiger partial charge in [0.1, 0.15) is 22.9 Å². The fourth-order valence-electron chi connectivity index (χ4n) is 4.89. The number of hydrogen-bond acceptors (Lipinski definition) is 5. The Morgan fingerprint density at radius 1 is 1.21 bits per heavy atom. The number of carbonyl (C=O) groups excluding carboxylic acids is 2. The van der Waals surface area contributed by atoms with Gasteiger partial charge in [0.25, 0.3) is 5.91 Å². The van der Waals surface area contributed by atoms with Crippen molar-refractivity contribution in [3.8, 4) is 5.75 Å². The molecule has 1 saturated carbocycles. The van der Waals surface area contributed by atoms with Gasteiger partial charge in [-0.25, -0.2) is 13.6 Å². The first-order valence-corrected chi connectivity index (χ1v) is 11.7. The molecule has 0 unspecified atom stereocenters. The molecule has 0 atom stereocenters. The lowest BCUT2D eigenvalue weighted by molar-refractivity contribution is -0.0204. The number of piperidine rings is 1. The van der Waals surface area contributed by atoms with Crippen molar-refractivity contribution in [3.05, 3.63) is 29.3 Å². The van der Waals surface area contributed by atoms with Crippen LogP contribution >= 0.6 is 0 Å². The maximum atomic E-state index is 14.2. The van der Waals surface area contributed by atoms with Gasteiger partial charge in [0, 0.05) is 31.8 Å². The van der Waals surface area contributed by atoms with Crippen molar-refractivity contribution < 1.29 is 33.0 Å². The number of carbonyl (C=O) groups is 2. The maximum absolute atomic E-state index is 14.2. The molecule has 2 amide bonds. The normalized spacial score (nSPS) is 17.7. The minimum Gasteiger partial charge on any atom is -0.493 e. The molecule has 1 aliphatic carbocycles. The van der Waals surface area contributed by atoms with Crippen LogP contribution in [0.3, 0.4) is 0 Å². The number of likely N-dealkylation sites (tertiary alicyclic amines) is 1. The van der Waals surface area contributed by atoms with E-state index in [-0.39, 0.29) is 31.1 Å². The number of hydrogen-bond donors (Lipinski definition) is 2. The van der Waals surface area contributed by atoms with Crippen LogP contribution in [0.2, 0.25) is 0 Å². The molecule has 1 saturated heterocycles. The standard InChI is InChI=1S/C24H34F2N2O5/c1-16(2)33-23(31)28-8-5-24(6-9-28)14-17(15-24)4-3-11-32-18-12-19(25)21(20(26)13-18)22(30)27-7-10-29/h12-13,16-17,29H,3-11,14-15H2,1-2H3,(H,27,30). The monoisotopic (exact) mass is 468 g/mol. The largest absolute Gasteiger partial charge is 0.493 e. The number of amides is 2. The van der Waals surface area contributed by atoms with Gasteiger partial charge in [-0.15, -0.1) is 0 Å². The van der Waals surface area contributed by atoms with E-state index in [4.69, 9.17) is 14.6 Å². The maximum Gasteiger partial charge on any atom is 0.410 e. The van der Waals surface area contributed by atoms with Crippen LogP contribution in [0.1, 0.15) is 62.7 Å². The molecule has 184 valence electrons. The predicted octanol–water partition coefficient (Wildman–Crippen LogP) is 3.88. The Balaban J connectivity index is 1.36. The van der Waals surface area contributed by atoms with Crippen LogP contribution in [0.15, 0.2) is 12.1 Å². The zero-order valence-electron chi connectivity index (χ0n) is 19.4. The van der Waals surface area contributed by atoms with Crippen LogP contribution in [0, 0.1) is 23.0 Å². The molecule has 0 bridgehead atoms. The average molecular weight is 469 g/mol. The topological polar surface area (TPSA) is 88.1 Å². The van der Waals surface area contributed by atoms with E-state index in [0.717, 1.165) is 63.7 Å². The van der Waals surface area contributed by atoms with Crippen LogP contribution in [-0.4, -0.2) is 61.0 Å². The third kappa shape index (κ3) is 6.56. The molecule has 1 aromatic rings. The van der Waals surface area contributed by atoms with Crippen molar-refractivity contribution in [1.82, 2.24) is 10.2 Å². The molecular weight excluding hydrogens is 434 g/mol. The summed E-state index contributed by atoms with van der Waals surface area (Å²) in [6, 6.07) is 2.01. The van der Waals surface area contributed by atoms with Crippen molar-refractivity contribution >= 4 is 12.0 Å². The SMILES string of the molecule is CC(C)OC(=O)N1CCC2(CC1)CC(CCCOc1cc(F)c(C(=O)NCCO)c(F)c1)C2. The highest BCUT2D eigenvalue weighted by Gasteiger charge is 2.46. The third-order valence-corrected chi connectivity index (χ3v) is 6.53. The molecule has 0 aromatic heterocycles. The number of rotatable bonds is 9. The van der Waals surface area contributed by atoms with E-state index < -0.39 is 23.1 Å². The van der Waals surface area contributed by atoms with Crippen molar-refractivity contribution in [2.75, 3.05) is 32.8 Å².